The van der Waals surface area contributed by atoms with E-state index < -0.39 is 0 Å². The number of hydrogen-bond donors (Lipinski definition) is 1. The van der Waals surface area contributed by atoms with E-state index in [-0.39, 0.29) is 12.5 Å². The molecule has 0 heterocycles. The molecule has 1 rings (SSSR count). The topological polar surface area (TPSA) is 50.8 Å². The smallest absolute Gasteiger partial charge is 0.257 e. The van der Waals surface area contributed by atoms with Crippen LogP contribution in [0.2, 0.25) is 5.02 Å². The normalized spacial score (nSPS) is 10.5. The molecule has 0 aliphatic rings. The number of carbonyl (C=O) groups is 1. The summed E-state index contributed by atoms with van der Waals surface area (Å²) in [5.74, 6) is 0.860. The standard InChI is InChI=1S/C15H23ClN2O3/c1-4-18(5-2)9-8-17-15(19)11-21-13-7-6-12(16)10-14(13)20-3/h6-7,10H,4-5,8-9,11H2,1-3H3,(H,17,19). The van der Waals surface area contributed by atoms with Crippen LogP contribution >= 0.6 is 11.6 Å². The molecule has 0 saturated carbocycles. The molecular weight excluding hydrogens is 292 g/mol. The fourth-order valence-electron chi connectivity index (χ4n) is 1.85. The van der Waals surface area contributed by atoms with Gasteiger partial charge < -0.3 is 19.7 Å². The largest absolute Gasteiger partial charge is 0.493 e. The lowest BCUT2D eigenvalue weighted by atomic mass is 10.3. The first-order chi connectivity index (χ1) is 10.1. The minimum Gasteiger partial charge on any atom is -0.493 e. The van der Waals surface area contributed by atoms with E-state index in [1.165, 1.54) is 7.11 Å². The number of amides is 1. The lowest BCUT2D eigenvalue weighted by Gasteiger charge is -2.18. The van der Waals surface area contributed by atoms with Crippen LogP contribution in [-0.2, 0) is 4.79 Å². The second kappa shape index (κ2) is 9.47. The van der Waals surface area contributed by atoms with Crippen molar-refractivity contribution in [3.8, 4) is 11.5 Å². The van der Waals surface area contributed by atoms with E-state index in [4.69, 9.17) is 21.1 Å². The van der Waals surface area contributed by atoms with Gasteiger partial charge in [-0.05, 0) is 25.2 Å². The van der Waals surface area contributed by atoms with E-state index in [0.29, 0.717) is 23.1 Å². The maximum atomic E-state index is 11.7. The third-order valence-corrected chi connectivity index (χ3v) is 3.36. The highest BCUT2D eigenvalue weighted by Crippen LogP contribution is 2.29. The fraction of sp³-hybridized carbons (Fsp3) is 0.533. The van der Waals surface area contributed by atoms with E-state index in [2.05, 4.69) is 24.1 Å². The maximum absolute atomic E-state index is 11.7. The Hall–Kier alpha value is -1.46. The summed E-state index contributed by atoms with van der Waals surface area (Å²) in [6, 6.07) is 5.03. The molecule has 0 bridgehead atoms. The third-order valence-electron chi connectivity index (χ3n) is 3.13. The van der Waals surface area contributed by atoms with Crippen LogP contribution < -0.4 is 14.8 Å². The number of methoxy groups -OCH3 is 1. The van der Waals surface area contributed by atoms with Crippen LogP contribution in [0.3, 0.4) is 0 Å². The van der Waals surface area contributed by atoms with Crippen LogP contribution in [0, 0.1) is 0 Å². The van der Waals surface area contributed by atoms with Gasteiger partial charge in [0.05, 0.1) is 7.11 Å². The lowest BCUT2D eigenvalue weighted by Crippen LogP contribution is -2.36. The summed E-state index contributed by atoms with van der Waals surface area (Å²) < 4.78 is 10.6. The van der Waals surface area contributed by atoms with Gasteiger partial charge in [-0.1, -0.05) is 25.4 Å². The average molecular weight is 315 g/mol. The van der Waals surface area contributed by atoms with Gasteiger partial charge in [-0.3, -0.25) is 4.79 Å². The van der Waals surface area contributed by atoms with Crippen molar-refractivity contribution < 1.29 is 14.3 Å². The predicted octanol–water partition coefficient (Wildman–Crippen LogP) is 2.19. The Balaban J connectivity index is 2.36. The summed E-state index contributed by atoms with van der Waals surface area (Å²) in [6.07, 6.45) is 0. The molecular formula is C15H23ClN2O3. The number of hydrogen-bond acceptors (Lipinski definition) is 4. The van der Waals surface area contributed by atoms with Crippen LogP contribution in [0.25, 0.3) is 0 Å². The number of ether oxygens (including phenoxy) is 2. The number of likely N-dealkylation sites (N-methyl/N-ethyl adjacent to an activating group) is 1. The Bertz CT molecular complexity index is 451. The molecule has 1 amide bonds. The van der Waals surface area contributed by atoms with Crippen LogP contribution in [0.15, 0.2) is 18.2 Å². The second-order valence-electron chi connectivity index (χ2n) is 4.46. The molecule has 0 radical (unpaired) electrons. The Morgan fingerprint density at radius 2 is 2.00 bits per heavy atom. The van der Waals surface area contributed by atoms with E-state index >= 15 is 0 Å². The number of benzene rings is 1. The monoisotopic (exact) mass is 314 g/mol. The molecule has 0 aromatic heterocycles. The number of nitrogens with zero attached hydrogens (tertiary/aromatic N) is 1. The zero-order valence-corrected chi connectivity index (χ0v) is 13.6. The van der Waals surface area contributed by atoms with Gasteiger partial charge in [-0.2, -0.15) is 0 Å². The van der Waals surface area contributed by atoms with Crippen molar-refractivity contribution >= 4 is 17.5 Å². The Morgan fingerprint density at radius 1 is 1.29 bits per heavy atom. The molecule has 0 aliphatic heterocycles. The summed E-state index contributed by atoms with van der Waals surface area (Å²) in [4.78, 5) is 14.0. The van der Waals surface area contributed by atoms with E-state index in [9.17, 15) is 4.79 Å². The van der Waals surface area contributed by atoms with Crippen LogP contribution in [0.1, 0.15) is 13.8 Å². The van der Waals surface area contributed by atoms with Crippen LogP contribution in [-0.4, -0.2) is 50.7 Å². The first kappa shape index (κ1) is 17.6. The molecule has 1 aromatic rings. The average Bonchev–Trinajstić information content (AvgIpc) is 2.50. The molecule has 1 aromatic carbocycles. The number of halogens is 1. The van der Waals surface area contributed by atoms with Gasteiger partial charge in [-0.15, -0.1) is 0 Å². The van der Waals surface area contributed by atoms with Crippen LogP contribution in [0.5, 0.6) is 11.5 Å². The van der Waals surface area contributed by atoms with Crippen molar-refractivity contribution in [2.75, 3.05) is 39.9 Å². The number of rotatable bonds is 9. The quantitative estimate of drug-likeness (QED) is 0.759. The summed E-state index contributed by atoms with van der Waals surface area (Å²) in [5.41, 5.74) is 0. The van der Waals surface area contributed by atoms with Gasteiger partial charge in [-0.25, -0.2) is 0 Å². The van der Waals surface area contributed by atoms with Crippen molar-refractivity contribution in [3.05, 3.63) is 23.2 Å². The van der Waals surface area contributed by atoms with Crippen molar-refractivity contribution in [3.63, 3.8) is 0 Å². The summed E-state index contributed by atoms with van der Waals surface area (Å²) in [5, 5.41) is 3.39. The van der Waals surface area contributed by atoms with E-state index in [1.807, 2.05) is 0 Å². The minimum absolute atomic E-state index is 0.0454. The Morgan fingerprint density at radius 3 is 2.62 bits per heavy atom. The van der Waals surface area contributed by atoms with Crippen molar-refractivity contribution in [1.82, 2.24) is 10.2 Å². The summed E-state index contributed by atoms with van der Waals surface area (Å²) in [6.45, 7) is 7.55. The first-order valence-electron chi connectivity index (χ1n) is 7.06. The zero-order valence-electron chi connectivity index (χ0n) is 12.8. The second-order valence-corrected chi connectivity index (χ2v) is 4.90. The molecule has 5 nitrogen and oxygen atoms in total. The molecule has 6 heteroatoms. The first-order valence-corrected chi connectivity index (χ1v) is 7.43. The third kappa shape index (κ3) is 6.23. The molecule has 0 aliphatic carbocycles. The van der Waals surface area contributed by atoms with Gasteiger partial charge in [0.15, 0.2) is 18.1 Å². The maximum Gasteiger partial charge on any atom is 0.257 e. The van der Waals surface area contributed by atoms with E-state index in [0.717, 1.165) is 19.6 Å². The van der Waals surface area contributed by atoms with Gasteiger partial charge in [0.25, 0.3) is 5.91 Å². The van der Waals surface area contributed by atoms with Crippen molar-refractivity contribution in [2.24, 2.45) is 0 Å². The van der Waals surface area contributed by atoms with Gasteiger partial charge in [0.1, 0.15) is 0 Å². The highest BCUT2D eigenvalue weighted by atomic mass is 35.5. The molecule has 0 saturated heterocycles. The molecule has 21 heavy (non-hydrogen) atoms. The summed E-state index contributed by atoms with van der Waals surface area (Å²) >= 11 is 5.86. The molecule has 118 valence electrons. The van der Waals surface area contributed by atoms with Gasteiger partial charge in [0.2, 0.25) is 0 Å². The van der Waals surface area contributed by atoms with E-state index in [1.54, 1.807) is 18.2 Å². The number of carbonyl (C=O) groups excluding carboxylic acids is 1. The minimum atomic E-state index is -0.154. The molecule has 1 N–H and O–H groups in total. The predicted molar refractivity (Wildman–Crippen MR) is 84.3 cm³/mol. The highest BCUT2D eigenvalue weighted by Gasteiger charge is 2.08. The zero-order chi connectivity index (χ0) is 15.7. The molecule has 0 fully saturated rings. The Kier molecular flexibility index (Phi) is 7.93. The molecule has 0 unspecified atom stereocenters. The highest BCUT2D eigenvalue weighted by molar-refractivity contribution is 6.30. The lowest BCUT2D eigenvalue weighted by molar-refractivity contribution is -0.123. The SMILES string of the molecule is CCN(CC)CCNC(=O)COc1ccc(Cl)cc1OC. The molecule has 0 spiro atoms. The number of nitrogens with one attached hydrogen (secondary N) is 1. The summed E-state index contributed by atoms with van der Waals surface area (Å²) in [7, 11) is 1.53. The van der Waals surface area contributed by atoms with Crippen LogP contribution in [0.4, 0.5) is 0 Å². The van der Waals surface area contributed by atoms with Crippen molar-refractivity contribution in [1.29, 1.82) is 0 Å². The fourth-order valence-corrected chi connectivity index (χ4v) is 2.01. The van der Waals surface area contributed by atoms with Gasteiger partial charge >= 0.3 is 0 Å². The molecule has 0 atom stereocenters. The van der Waals surface area contributed by atoms with Gasteiger partial charge in [0, 0.05) is 24.2 Å². The van der Waals surface area contributed by atoms with Crippen molar-refractivity contribution in [2.45, 2.75) is 13.8 Å². The Labute approximate surface area is 131 Å².